The molecule has 11 atom stereocenters. The number of rotatable bonds is 51. The second-order valence-electron chi connectivity index (χ2n) is 21.9. The highest BCUT2D eigenvalue weighted by Crippen LogP contribution is 2.27. The van der Waals surface area contributed by atoms with Gasteiger partial charge in [-0.15, -0.1) is 0 Å². The molecular weight excluding hydrogens is 945 g/mol. The van der Waals surface area contributed by atoms with Crippen LogP contribution in [-0.2, 0) is 33.2 Å². The maximum absolute atomic E-state index is 13.0. The molecule has 2 aliphatic rings. The first-order valence-electron chi connectivity index (χ1n) is 30.8. The van der Waals surface area contributed by atoms with Crippen molar-refractivity contribution in [1.82, 2.24) is 0 Å². The van der Waals surface area contributed by atoms with Gasteiger partial charge in [0.05, 0.1) is 26.4 Å². The lowest BCUT2D eigenvalue weighted by Crippen LogP contribution is -2.61. The third kappa shape index (κ3) is 33.9. The maximum atomic E-state index is 13.0. The van der Waals surface area contributed by atoms with Gasteiger partial charge < -0.3 is 64.2 Å². The molecular formula is C60H114O14. The summed E-state index contributed by atoms with van der Waals surface area (Å²) in [7, 11) is 0. The molecule has 0 amide bonds. The number of allylic oxidation sites excluding steroid dienone is 2. The van der Waals surface area contributed by atoms with E-state index in [1.54, 1.807) is 0 Å². The predicted octanol–water partition coefficient (Wildman–Crippen LogP) is 11.4. The SMILES string of the molecule is CCCCCCC/C=C\CCCCCCCC(=O)OC(COCCCCCCCCCCCCCCCCCCCCCCCCCCCC)COC1OC(COC2OC(CO)C(O)C(O)C2O)C(O)C(O)C1O. The van der Waals surface area contributed by atoms with Crippen LogP contribution in [0.4, 0.5) is 0 Å². The van der Waals surface area contributed by atoms with Gasteiger partial charge in [-0.25, -0.2) is 0 Å². The number of esters is 1. The summed E-state index contributed by atoms with van der Waals surface area (Å²) in [6, 6.07) is 0. The predicted molar refractivity (Wildman–Crippen MR) is 294 cm³/mol. The van der Waals surface area contributed by atoms with Crippen LogP contribution in [0.5, 0.6) is 0 Å². The van der Waals surface area contributed by atoms with Crippen molar-refractivity contribution in [3.05, 3.63) is 12.2 Å². The van der Waals surface area contributed by atoms with Crippen LogP contribution in [0.25, 0.3) is 0 Å². The molecule has 0 spiro atoms. The van der Waals surface area contributed by atoms with Crippen LogP contribution in [0.3, 0.4) is 0 Å². The first kappa shape index (κ1) is 68.8. The van der Waals surface area contributed by atoms with E-state index in [0.717, 1.165) is 57.8 Å². The summed E-state index contributed by atoms with van der Waals surface area (Å²) in [6.45, 7) is 3.73. The minimum atomic E-state index is -1.70. The molecule has 7 N–H and O–H groups in total. The van der Waals surface area contributed by atoms with Crippen molar-refractivity contribution in [2.45, 2.75) is 332 Å². The molecule has 2 saturated heterocycles. The molecule has 74 heavy (non-hydrogen) atoms. The fourth-order valence-electron chi connectivity index (χ4n) is 10.0. The van der Waals surface area contributed by atoms with Gasteiger partial charge in [-0.1, -0.05) is 231 Å². The van der Waals surface area contributed by atoms with Gasteiger partial charge >= 0.3 is 5.97 Å². The zero-order valence-electron chi connectivity index (χ0n) is 47.1. The quantitative estimate of drug-likeness (QED) is 0.0172. The van der Waals surface area contributed by atoms with E-state index in [-0.39, 0.29) is 25.6 Å². The van der Waals surface area contributed by atoms with Gasteiger partial charge in [0.1, 0.15) is 54.9 Å². The molecule has 0 aromatic carbocycles. The Hall–Kier alpha value is -1.27. The van der Waals surface area contributed by atoms with E-state index in [0.29, 0.717) is 13.0 Å². The van der Waals surface area contributed by atoms with Crippen molar-refractivity contribution < 1.29 is 69.0 Å². The number of unbranched alkanes of at least 4 members (excludes halogenated alkanes) is 35. The lowest BCUT2D eigenvalue weighted by molar-refractivity contribution is -0.332. The molecule has 0 bridgehead atoms. The van der Waals surface area contributed by atoms with Gasteiger partial charge in [0.25, 0.3) is 0 Å². The Morgan fingerprint density at radius 3 is 1.23 bits per heavy atom. The Kier molecular flexibility index (Phi) is 44.4. The third-order valence-corrected chi connectivity index (χ3v) is 15.0. The highest BCUT2D eigenvalue weighted by molar-refractivity contribution is 5.69. The van der Waals surface area contributed by atoms with Crippen molar-refractivity contribution in [2.24, 2.45) is 0 Å². The van der Waals surface area contributed by atoms with E-state index in [2.05, 4.69) is 26.0 Å². The minimum absolute atomic E-state index is 0.0646. The molecule has 2 heterocycles. The molecule has 2 rings (SSSR count). The monoisotopic (exact) mass is 1060 g/mol. The van der Waals surface area contributed by atoms with Crippen molar-refractivity contribution in [3.8, 4) is 0 Å². The molecule has 0 aromatic heterocycles. The summed E-state index contributed by atoms with van der Waals surface area (Å²) < 4.78 is 34.4. The van der Waals surface area contributed by atoms with Crippen LogP contribution in [0.1, 0.15) is 264 Å². The van der Waals surface area contributed by atoms with Gasteiger partial charge in [0, 0.05) is 13.0 Å². The number of carbonyl (C=O) groups excluding carboxylic acids is 1. The van der Waals surface area contributed by atoms with Gasteiger partial charge in [0.15, 0.2) is 12.6 Å². The smallest absolute Gasteiger partial charge is 0.306 e. The number of ether oxygens (including phenoxy) is 6. The van der Waals surface area contributed by atoms with Gasteiger partial charge in [0.2, 0.25) is 0 Å². The van der Waals surface area contributed by atoms with E-state index < -0.39 is 80.7 Å². The highest BCUT2D eigenvalue weighted by Gasteiger charge is 2.47. The van der Waals surface area contributed by atoms with Gasteiger partial charge in [-0.05, 0) is 38.5 Å². The van der Waals surface area contributed by atoms with Crippen LogP contribution in [0, 0.1) is 0 Å². The second kappa shape index (κ2) is 47.7. The summed E-state index contributed by atoms with van der Waals surface area (Å²) in [4.78, 5) is 13.0. The van der Waals surface area contributed by atoms with E-state index in [1.807, 2.05) is 0 Å². The van der Waals surface area contributed by atoms with Gasteiger partial charge in [-0.3, -0.25) is 4.79 Å². The molecule has 0 aliphatic carbocycles. The molecule has 14 nitrogen and oxygen atoms in total. The number of aliphatic hydroxyl groups is 7. The molecule has 2 fully saturated rings. The first-order valence-corrected chi connectivity index (χ1v) is 30.8. The zero-order chi connectivity index (χ0) is 53.7. The van der Waals surface area contributed by atoms with E-state index in [1.165, 1.54) is 180 Å². The first-order chi connectivity index (χ1) is 36.1. The van der Waals surface area contributed by atoms with Crippen LogP contribution in [0.15, 0.2) is 12.2 Å². The van der Waals surface area contributed by atoms with E-state index >= 15 is 0 Å². The van der Waals surface area contributed by atoms with Crippen molar-refractivity contribution in [1.29, 1.82) is 0 Å². The molecule has 11 unspecified atom stereocenters. The van der Waals surface area contributed by atoms with Crippen molar-refractivity contribution in [3.63, 3.8) is 0 Å². The average Bonchev–Trinajstić information content (AvgIpc) is 3.40. The lowest BCUT2D eigenvalue weighted by atomic mass is 9.98. The zero-order valence-corrected chi connectivity index (χ0v) is 47.1. The summed E-state index contributed by atoms with van der Waals surface area (Å²) in [5.74, 6) is -0.379. The topological polar surface area (TPSA) is 214 Å². The lowest BCUT2D eigenvalue weighted by Gasteiger charge is -2.42. The normalized spacial score (nSPS) is 24.8. The van der Waals surface area contributed by atoms with E-state index in [9.17, 15) is 40.5 Å². The second-order valence-corrected chi connectivity index (χ2v) is 21.9. The highest BCUT2D eigenvalue weighted by atomic mass is 16.7. The summed E-state index contributed by atoms with van der Waals surface area (Å²) in [6.07, 6.45) is 37.2. The van der Waals surface area contributed by atoms with Crippen LogP contribution in [-0.4, -0.2) is 142 Å². The molecule has 0 radical (unpaired) electrons. The average molecular weight is 1060 g/mol. The van der Waals surface area contributed by atoms with Crippen molar-refractivity contribution in [2.75, 3.05) is 33.0 Å². The Balaban J connectivity index is 1.65. The number of aliphatic hydroxyl groups excluding tert-OH is 7. The van der Waals surface area contributed by atoms with Crippen LogP contribution < -0.4 is 0 Å². The Labute approximate surface area is 450 Å². The molecule has 438 valence electrons. The van der Waals surface area contributed by atoms with Crippen LogP contribution >= 0.6 is 0 Å². The maximum Gasteiger partial charge on any atom is 0.306 e. The van der Waals surface area contributed by atoms with Crippen molar-refractivity contribution >= 4 is 5.97 Å². The Morgan fingerprint density at radius 2 is 0.797 bits per heavy atom. The largest absolute Gasteiger partial charge is 0.457 e. The molecule has 2 aliphatic heterocycles. The molecule has 0 saturated carbocycles. The number of hydrogen-bond acceptors (Lipinski definition) is 14. The van der Waals surface area contributed by atoms with Crippen LogP contribution in [0.2, 0.25) is 0 Å². The summed E-state index contributed by atoms with van der Waals surface area (Å²) in [5.41, 5.74) is 0. The third-order valence-electron chi connectivity index (χ3n) is 15.0. The van der Waals surface area contributed by atoms with Gasteiger partial charge in [-0.2, -0.15) is 0 Å². The number of carbonyl (C=O) groups is 1. The minimum Gasteiger partial charge on any atom is -0.457 e. The fourth-order valence-corrected chi connectivity index (χ4v) is 10.0. The molecule has 0 aromatic rings. The number of hydrogen-bond donors (Lipinski definition) is 7. The summed E-state index contributed by atoms with van der Waals surface area (Å²) in [5, 5.41) is 72.3. The van der Waals surface area contributed by atoms with E-state index in [4.69, 9.17) is 28.4 Å². The summed E-state index contributed by atoms with van der Waals surface area (Å²) >= 11 is 0. The Morgan fingerprint density at radius 1 is 0.432 bits per heavy atom. The fraction of sp³-hybridized carbons (Fsp3) is 0.950. The Bertz CT molecular complexity index is 1270. The standard InChI is InChI=1S/C60H114O14/c1-3-5-7-9-11-13-15-17-19-20-21-22-23-24-25-26-27-28-29-30-32-34-36-38-40-42-44-69-46-49(72-52(62)43-41-39-37-35-33-31-18-16-14-12-10-8-6-4-2)47-70-59-58(68)56(66)54(64)51(74-59)48-71-60-57(67)55(65)53(63)50(45-61)73-60/h16,18,49-51,53-61,63-68H,3-15,17,19-48H2,1-2H3/b18-16-. The molecule has 14 heteroatoms.